The highest BCUT2D eigenvalue weighted by atomic mass is 16.2. The van der Waals surface area contributed by atoms with Crippen LogP contribution in [0.4, 0.5) is 5.82 Å². The molecule has 102 valence electrons. The van der Waals surface area contributed by atoms with E-state index in [-0.39, 0.29) is 24.4 Å². The Morgan fingerprint density at radius 1 is 1.53 bits per heavy atom. The van der Waals surface area contributed by atoms with Gasteiger partial charge in [0, 0.05) is 18.3 Å². The number of rotatable bonds is 3. The third-order valence-electron chi connectivity index (χ3n) is 3.39. The van der Waals surface area contributed by atoms with E-state index < -0.39 is 0 Å². The van der Waals surface area contributed by atoms with Crippen LogP contribution >= 0.6 is 0 Å². The van der Waals surface area contributed by atoms with Gasteiger partial charge in [0.15, 0.2) is 0 Å². The largest absolute Gasteiger partial charge is 0.335 e. The van der Waals surface area contributed by atoms with Gasteiger partial charge in [0.2, 0.25) is 11.8 Å². The number of carbonyl (C=O) groups is 2. The van der Waals surface area contributed by atoms with Crippen molar-refractivity contribution >= 4 is 17.6 Å². The van der Waals surface area contributed by atoms with Gasteiger partial charge in [-0.3, -0.25) is 14.9 Å². The molecule has 2 amide bonds. The molecule has 2 rings (SSSR count). The fourth-order valence-corrected chi connectivity index (χ4v) is 2.37. The first-order chi connectivity index (χ1) is 9.08. The molecule has 0 spiro atoms. The van der Waals surface area contributed by atoms with Crippen molar-refractivity contribution in [3.05, 3.63) is 23.4 Å². The Hall–Kier alpha value is -1.95. The molecule has 1 aromatic heterocycles. The molecule has 0 bridgehead atoms. The Morgan fingerprint density at radius 2 is 2.26 bits per heavy atom. The summed E-state index contributed by atoms with van der Waals surface area (Å²) in [5.74, 6) is 0.0588. The molecule has 1 unspecified atom stereocenters. The molecule has 2 heterocycles. The second-order valence-corrected chi connectivity index (χ2v) is 4.60. The van der Waals surface area contributed by atoms with Crippen LogP contribution < -0.4 is 16.0 Å². The van der Waals surface area contributed by atoms with E-state index in [9.17, 15) is 9.59 Å². The second kappa shape index (κ2) is 5.36. The molecule has 0 aromatic carbocycles. The molecule has 0 saturated carbocycles. The summed E-state index contributed by atoms with van der Waals surface area (Å²) in [5.41, 5.74) is 7.66. The number of nitrogens with two attached hydrogens (primary N) is 1. The number of piperazine rings is 1. The van der Waals surface area contributed by atoms with Gasteiger partial charge < -0.3 is 10.6 Å². The van der Waals surface area contributed by atoms with Gasteiger partial charge in [-0.25, -0.2) is 4.98 Å². The standard InChI is InChI=1S/C13H18N4O2/c1-3-10-13(19)16-11(18)7-17(10)12-9(6-14)8(2)4-5-15-12/h4-5,10H,3,6-7,14H2,1-2H3,(H,16,18,19). The summed E-state index contributed by atoms with van der Waals surface area (Å²) in [5, 5.41) is 2.35. The average molecular weight is 262 g/mol. The molecule has 1 fully saturated rings. The minimum absolute atomic E-state index is 0.133. The molecule has 0 radical (unpaired) electrons. The van der Waals surface area contributed by atoms with Crippen LogP contribution in [0.1, 0.15) is 24.5 Å². The van der Waals surface area contributed by atoms with E-state index in [0.29, 0.717) is 18.8 Å². The van der Waals surface area contributed by atoms with Gasteiger partial charge in [-0.05, 0) is 25.0 Å². The monoisotopic (exact) mass is 262 g/mol. The third kappa shape index (κ3) is 2.44. The van der Waals surface area contributed by atoms with Crippen LogP contribution in [0.25, 0.3) is 0 Å². The van der Waals surface area contributed by atoms with Gasteiger partial charge >= 0.3 is 0 Å². The number of aryl methyl sites for hydroxylation is 1. The van der Waals surface area contributed by atoms with Crippen molar-refractivity contribution < 1.29 is 9.59 Å². The van der Waals surface area contributed by atoms with Gasteiger partial charge in [0.1, 0.15) is 11.9 Å². The predicted molar refractivity (Wildman–Crippen MR) is 71.4 cm³/mol. The van der Waals surface area contributed by atoms with Crippen LogP contribution in [0.3, 0.4) is 0 Å². The van der Waals surface area contributed by atoms with Crippen LogP contribution in [0, 0.1) is 6.92 Å². The molecule has 1 aliphatic heterocycles. The zero-order chi connectivity index (χ0) is 14.0. The fourth-order valence-electron chi connectivity index (χ4n) is 2.37. The summed E-state index contributed by atoms with van der Waals surface area (Å²) in [6.45, 7) is 4.32. The zero-order valence-electron chi connectivity index (χ0n) is 11.1. The molecule has 1 saturated heterocycles. The lowest BCUT2D eigenvalue weighted by Crippen LogP contribution is -2.58. The Labute approximate surface area is 112 Å². The van der Waals surface area contributed by atoms with Crippen LogP contribution in [0.2, 0.25) is 0 Å². The smallest absolute Gasteiger partial charge is 0.249 e. The van der Waals surface area contributed by atoms with Crippen molar-refractivity contribution in [2.75, 3.05) is 11.4 Å². The number of amides is 2. The van der Waals surface area contributed by atoms with Gasteiger partial charge in [0.05, 0.1) is 6.54 Å². The van der Waals surface area contributed by atoms with Crippen molar-refractivity contribution in [1.29, 1.82) is 0 Å². The highest BCUT2D eigenvalue weighted by Gasteiger charge is 2.34. The first-order valence-corrected chi connectivity index (χ1v) is 6.33. The maximum atomic E-state index is 11.9. The Bertz CT molecular complexity index is 515. The van der Waals surface area contributed by atoms with Gasteiger partial charge in [-0.1, -0.05) is 6.92 Å². The van der Waals surface area contributed by atoms with Crippen molar-refractivity contribution in [3.8, 4) is 0 Å². The molecule has 1 aromatic rings. The second-order valence-electron chi connectivity index (χ2n) is 4.60. The number of hydrogen-bond donors (Lipinski definition) is 2. The predicted octanol–water partition coefficient (Wildman–Crippen LogP) is 0.0901. The van der Waals surface area contributed by atoms with Crippen molar-refractivity contribution in [3.63, 3.8) is 0 Å². The minimum Gasteiger partial charge on any atom is -0.335 e. The molecule has 6 heteroatoms. The van der Waals surface area contributed by atoms with E-state index in [4.69, 9.17) is 5.73 Å². The van der Waals surface area contributed by atoms with E-state index in [0.717, 1.165) is 11.1 Å². The van der Waals surface area contributed by atoms with Crippen molar-refractivity contribution in [1.82, 2.24) is 10.3 Å². The summed E-state index contributed by atoms with van der Waals surface area (Å²) in [4.78, 5) is 29.5. The number of aromatic nitrogens is 1. The maximum Gasteiger partial charge on any atom is 0.249 e. The maximum absolute atomic E-state index is 11.9. The normalized spacial score (nSPS) is 19.5. The Kier molecular flexibility index (Phi) is 3.80. The molecule has 1 aliphatic rings. The van der Waals surface area contributed by atoms with E-state index in [1.165, 1.54) is 0 Å². The van der Waals surface area contributed by atoms with E-state index in [1.54, 1.807) is 11.1 Å². The average Bonchev–Trinajstić information content (AvgIpc) is 2.37. The molecular weight excluding hydrogens is 244 g/mol. The van der Waals surface area contributed by atoms with Crippen LogP contribution in [-0.4, -0.2) is 29.4 Å². The first kappa shape index (κ1) is 13.5. The van der Waals surface area contributed by atoms with Crippen LogP contribution in [0.5, 0.6) is 0 Å². The van der Waals surface area contributed by atoms with Gasteiger partial charge in [-0.2, -0.15) is 0 Å². The number of nitrogens with one attached hydrogen (secondary N) is 1. The molecule has 19 heavy (non-hydrogen) atoms. The number of hydrogen-bond acceptors (Lipinski definition) is 5. The quantitative estimate of drug-likeness (QED) is 0.754. The van der Waals surface area contributed by atoms with Crippen molar-refractivity contribution in [2.24, 2.45) is 5.73 Å². The van der Waals surface area contributed by atoms with E-state index in [1.807, 2.05) is 19.9 Å². The molecule has 1 atom stereocenters. The number of imide groups is 1. The number of carbonyl (C=O) groups excluding carboxylic acids is 2. The lowest BCUT2D eigenvalue weighted by atomic mass is 10.1. The topological polar surface area (TPSA) is 88.3 Å². The van der Waals surface area contributed by atoms with E-state index in [2.05, 4.69) is 10.3 Å². The van der Waals surface area contributed by atoms with Crippen LogP contribution in [-0.2, 0) is 16.1 Å². The van der Waals surface area contributed by atoms with Gasteiger partial charge in [-0.15, -0.1) is 0 Å². The SMILES string of the molecule is CCC1C(=O)NC(=O)CN1c1nccc(C)c1CN. The Morgan fingerprint density at radius 3 is 2.89 bits per heavy atom. The number of nitrogens with zero attached hydrogens (tertiary/aromatic N) is 2. The van der Waals surface area contributed by atoms with E-state index >= 15 is 0 Å². The summed E-state index contributed by atoms with van der Waals surface area (Å²) in [7, 11) is 0. The lowest BCUT2D eigenvalue weighted by molar-refractivity contribution is -0.132. The van der Waals surface area contributed by atoms with Crippen molar-refractivity contribution in [2.45, 2.75) is 32.9 Å². The fraction of sp³-hybridized carbons (Fsp3) is 0.462. The summed E-state index contributed by atoms with van der Waals surface area (Å²) in [6, 6.07) is 1.50. The molecule has 0 aliphatic carbocycles. The number of anilines is 1. The summed E-state index contributed by atoms with van der Waals surface area (Å²) < 4.78 is 0. The Balaban J connectivity index is 2.46. The summed E-state index contributed by atoms with van der Waals surface area (Å²) >= 11 is 0. The summed E-state index contributed by atoms with van der Waals surface area (Å²) in [6.07, 6.45) is 2.28. The molecular formula is C13H18N4O2. The highest BCUT2D eigenvalue weighted by molar-refractivity contribution is 6.04. The molecule has 3 N–H and O–H groups in total. The highest BCUT2D eigenvalue weighted by Crippen LogP contribution is 2.24. The number of pyridine rings is 1. The lowest BCUT2D eigenvalue weighted by Gasteiger charge is -2.35. The molecule has 6 nitrogen and oxygen atoms in total. The van der Waals surface area contributed by atoms with Gasteiger partial charge in [0.25, 0.3) is 0 Å². The van der Waals surface area contributed by atoms with Crippen LogP contribution in [0.15, 0.2) is 12.3 Å². The zero-order valence-corrected chi connectivity index (χ0v) is 11.1. The third-order valence-corrected chi connectivity index (χ3v) is 3.39. The minimum atomic E-state index is -0.378. The first-order valence-electron chi connectivity index (χ1n) is 6.33.